The molecule has 2 rings (SSSR count). The van der Waals surface area contributed by atoms with Gasteiger partial charge in [0.25, 0.3) is 0 Å². The van der Waals surface area contributed by atoms with E-state index in [2.05, 4.69) is 15.3 Å². The third-order valence-electron chi connectivity index (χ3n) is 2.37. The van der Waals surface area contributed by atoms with Gasteiger partial charge in [-0.2, -0.15) is 0 Å². The van der Waals surface area contributed by atoms with Gasteiger partial charge in [0, 0.05) is 11.1 Å². The molecule has 0 amide bonds. The molecular formula is C12H14N4S2. The molecule has 4 nitrogen and oxygen atoms in total. The van der Waals surface area contributed by atoms with Crippen LogP contribution in [-0.4, -0.2) is 15.0 Å². The van der Waals surface area contributed by atoms with Crippen LogP contribution in [0.5, 0.6) is 0 Å². The molecule has 2 aromatic heterocycles. The number of nitrogens with zero attached hydrogens (tertiary/aromatic N) is 2. The predicted molar refractivity (Wildman–Crippen MR) is 79.0 cm³/mol. The first-order chi connectivity index (χ1) is 8.56. The Labute approximate surface area is 115 Å². The van der Waals surface area contributed by atoms with Gasteiger partial charge in [-0.25, -0.2) is 9.97 Å². The number of thiazole rings is 1. The number of aromatic nitrogens is 2. The maximum Gasteiger partial charge on any atom is 0.127 e. The number of hydrogen-bond donors (Lipinski definition) is 2. The second-order valence-corrected chi connectivity index (χ2v) is 5.29. The summed E-state index contributed by atoms with van der Waals surface area (Å²) in [5.74, 6) is 0.751. The smallest absolute Gasteiger partial charge is 0.127 e. The summed E-state index contributed by atoms with van der Waals surface area (Å²) in [6, 6.07) is 5.67. The van der Waals surface area contributed by atoms with Crippen molar-refractivity contribution in [2.45, 2.75) is 19.9 Å². The third kappa shape index (κ3) is 3.02. The van der Waals surface area contributed by atoms with Crippen LogP contribution in [0, 0.1) is 6.92 Å². The first-order valence-corrected chi connectivity index (χ1v) is 6.80. The van der Waals surface area contributed by atoms with E-state index in [9.17, 15) is 0 Å². The molecule has 0 aliphatic rings. The fourth-order valence-corrected chi connectivity index (χ4v) is 2.42. The highest BCUT2D eigenvalue weighted by molar-refractivity contribution is 7.80. The van der Waals surface area contributed by atoms with Crippen molar-refractivity contribution in [1.29, 1.82) is 0 Å². The molecule has 1 unspecified atom stereocenters. The van der Waals surface area contributed by atoms with E-state index in [1.165, 1.54) is 0 Å². The lowest BCUT2D eigenvalue weighted by molar-refractivity contribution is 0.855. The summed E-state index contributed by atoms with van der Waals surface area (Å²) in [5.41, 5.74) is 7.22. The van der Waals surface area contributed by atoms with Crippen LogP contribution in [0.2, 0.25) is 0 Å². The van der Waals surface area contributed by atoms with E-state index in [-0.39, 0.29) is 6.04 Å². The molecule has 0 fully saturated rings. The van der Waals surface area contributed by atoms with Crippen molar-refractivity contribution in [3.8, 4) is 0 Å². The van der Waals surface area contributed by atoms with E-state index in [1.54, 1.807) is 17.4 Å². The number of nitrogens with two attached hydrogens (primary N) is 1. The summed E-state index contributed by atoms with van der Waals surface area (Å²) < 4.78 is 0. The molecule has 1 atom stereocenters. The minimum absolute atomic E-state index is 0.109. The van der Waals surface area contributed by atoms with Gasteiger partial charge in [0.1, 0.15) is 15.8 Å². The van der Waals surface area contributed by atoms with Gasteiger partial charge in [-0.05, 0) is 26.0 Å². The van der Waals surface area contributed by atoms with Crippen LogP contribution in [-0.2, 0) is 0 Å². The van der Waals surface area contributed by atoms with Gasteiger partial charge in [-0.3, -0.25) is 0 Å². The fraction of sp³-hybridized carbons (Fsp3) is 0.250. The van der Waals surface area contributed by atoms with Crippen LogP contribution in [0.3, 0.4) is 0 Å². The van der Waals surface area contributed by atoms with E-state index in [0.717, 1.165) is 16.5 Å². The van der Waals surface area contributed by atoms with Crippen LogP contribution >= 0.6 is 23.6 Å². The van der Waals surface area contributed by atoms with E-state index in [0.29, 0.717) is 10.7 Å². The Morgan fingerprint density at radius 2 is 2.22 bits per heavy atom. The van der Waals surface area contributed by atoms with Gasteiger partial charge in [-0.1, -0.05) is 18.3 Å². The van der Waals surface area contributed by atoms with Crippen molar-refractivity contribution >= 4 is 34.4 Å². The Hall–Kier alpha value is -1.53. The number of hydrogen-bond acceptors (Lipinski definition) is 5. The topological polar surface area (TPSA) is 63.8 Å². The number of nitrogens with one attached hydrogen (secondary N) is 1. The third-order valence-corrected chi connectivity index (χ3v) is 3.73. The zero-order valence-electron chi connectivity index (χ0n) is 10.2. The highest BCUT2D eigenvalue weighted by Gasteiger charge is 2.10. The van der Waals surface area contributed by atoms with Crippen molar-refractivity contribution in [1.82, 2.24) is 9.97 Å². The summed E-state index contributed by atoms with van der Waals surface area (Å²) in [6.07, 6.45) is 0. The molecule has 0 aliphatic carbocycles. The van der Waals surface area contributed by atoms with Crippen molar-refractivity contribution in [2.24, 2.45) is 5.73 Å². The molecule has 0 spiro atoms. The molecular weight excluding hydrogens is 264 g/mol. The van der Waals surface area contributed by atoms with E-state index >= 15 is 0 Å². The molecule has 0 aliphatic heterocycles. The van der Waals surface area contributed by atoms with Gasteiger partial charge in [0.05, 0.1) is 11.7 Å². The van der Waals surface area contributed by atoms with Crippen molar-refractivity contribution in [2.75, 3.05) is 5.32 Å². The summed E-state index contributed by atoms with van der Waals surface area (Å²) in [5, 5.41) is 6.36. The lowest BCUT2D eigenvalue weighted by atomic mass is 10.3. The normalized spacial score (nSPS) is 12.1. The Bertz CT molecular complexity index is 565. The molecule has 0 aromatic carbocycles. The average molecular weight is 278 g/mol. The summed E-state index contributed by atoms with van der Waals surface area (Å²) in [4.78, 5) is 9.09. The molecule has 2 heterocycles. The molecule has 6 heteroatoms. The first-order valence-electron chi connectivity index (χ1n) is 5.51. The highest BCUT2D eigenvalue weighted by Crippen LogP contribution is 2.21. The molecule has 0 saturated carbocycles. The van der Waals surface area contributed by atoms with Crippen LogP contribution in [0.25, 0.3) is 0 Å². The largest absolute Gasteiger partial charge is 0.388 e. The Kier molecular flexibility index (Phi) is 3.88. The van der Waals surface area contributed by atoms with Crippen LogP contribution in [0.15, 0.2) is 23.6 Å². The Morgan fingerprint density at radius 1 is 1.44 bits per heavy atom. The fourth-order valence-electron chi connectivity index (χ4n) is 1.51. The number of rotatable bonds is 4. The SMILES string of the molecule is Cc1csc(C(C)Nc2cccc(C(N)=S)n2)n1. The molecule has 18 heavy (non-hydrogen) atoms. The minimum Gasteiger partial charge on any atom is -0.388 e. The second kappa shape index (κ2) is 5.41. The van der Waals surface area contributed by atoms with E-state index in [4.69, 9.17) is 18.0 Å². The van der Waals surface area contributed by atoms with Gasteiger partial charge in [0.2, 0.25) is 0 Å². The minimum atomic E-state index is 0.109. The second-order valence-electron chi connectivity index (χ2n) is 3.97. The number of aryl methyl sites for hydroxylation is 1. The molecule has 2 aromatic rings. The first kappa shape index (κ1) is 12.9. The standard InChI is InChI=1S/C12H14N4S2/c1-7-6-18-12(14-7)8(2)15-10-5-3-4-9(16-10)11(13)17/h3-6,8H,1-2H3,(H2,13,17)(H,15,16). The number of pyridine rings is 1. The van der Waals surface area contributed by atoms with Crippen molar-refractivity contribution in [3.05, 3.63) is 40.0 Å². The highest BCUT2D eigenvalue weighted by atomic mass is 32.1. The maximum absolute atomic E-state index is 5.56. The zero-order valence-corrected chi connectivity index (χ0v) is 11.8. The van der Waals surface area contributed by atoms with E-state index < -0.39 is 0 Å². The summed E-state index contributed by atoms with van der Waals surface area (Å²) in [7, 11) is 0. The molecule has 0 bridgehead atoms. The maximum atomic E-state index is 5.56. The van der Waals surface area contributed by atoms with Crippen molar-refractivity contribution in [3.63, 3.8) is 0 Å². The lowest BCUT2D eigenvalue weighted by Crippen LogP contribution is -2.14. The Balaban J connectivity index is 2.14. The van der Waals surface area contributed by atoms with Gasteiger partial charge >= 0.3 is 0 Å². The average Bonchev–Trinajstić information content (AvgIpc) is 2.76. The van der Waals surface area contributed by atoms with Gasteiger partial charge in [0.15, 0.2) is 0 Å². The molecule has 0 radical (unpaired) electrons. The summed E-state index contributed by atoms with van der Waals surface area (Å²) in [6.45, 7) is 4.03. The lowest BCUT2D eigenvalue weighted by Gasteiger charge is -2.12. The van der Waals surface area contributed by atoms with Gasteiger partial charge in [-0.15, -0.1) is 11.3 Å². The predicted octanol–water partition coefficient (Wildman–Crippen LogP) is 2.65. The molecule has 3 N–H and O–H groups in total. The quantitative estimate of drug-likeness (QED) is 0.842. The Morgan fingerprint density at radius 3 is 2.83 bits per heavy atom. The number of thiocarbonyl (C=S) groups is 1. The number of anilines is 1. The molecule has 94 valence electrons. The van der Waals surface area contributed by atoms with Gasteiger partial charge < -0.3 is 11.1 Å². The monoisotopic (exact) mass is 278 g/mol. The zero-order chi connectivity index (χ0) is 13.1. The van der Waals surface area contributed by atoms with Crippen LogP contribution in [0.1, 0.15) is 29.4 Å². The summed E-state index contributed by atoms with van der Waals surface area (Å²) >= 11 is 6.54. The van der Waals surface area contributed by atoms with Crippen molar-refractivity contribution < 1.29 is 0 Å². The van der Waals surface area contributed by atoms with Crippen LogP contribution in [0.4, 0.5) is 5.82 Å². The van der Waals surface area contributed by atoms with Crippen LogP contribution < -0.4 is 11.1 Å². The molecule has 0 saturated heterocycles. The van der Waals surface area contributed by atoms with E-state index in [1.807, 2.05) is 31.4 Å².